The highest BCUT2D eigenvalue weighted by Crippen LogP contribution is 2.18. The number of hydrogen-bond donors (Lipinski definition) is 3. The molecule has 1 aliphatic rings. The van der Waals surface area contributed by atoms with Crippen LogP contribution in [-0.4, -0.2) is 41.8 Å². The zero-order chi connectivity index (χ0) is 13.0. The zero-order valence-corrected chi connectivity index (χ0v) is 11.3. The van der Waals surface area contributed by atoms with E-state index in [0.29, 0.717) is 13.0 Å². The summed E-state index contributed by atoms with van der Waals surface area (Å²) < 4.78 is 0. The Morgan fingerprint density at radius 3 is 2.83 bits per heavy atom. The third kappa shape index (κ3) is 3.25. The first-order chi connectivity index (χ1) is 8.71. The van der Waals surface area contributed by atoms with Gasteiger partial charge in [0.2, 0.25) is 5.91 Å². The van der Waals surface area contributed by atoms with E-state index in [0.717, 1.165) is 23.2 Å². The molecule has 0 aliphatic carbocycles. The quantitative estimate of drug-likeness (QED) is 0.556. The zero-order valence-electron chi connectivity index (χ0n) is 10.5. The van der Waals surface area contributed by atoms with Gasteiger partial charge in [0.1, 0.15) is 11.6 Å². The van der Waals surface area contributed by atoms with Gasteiger partial charge in [-0.2, -0.15) is 0 Å². The van der Waals surface area contributed by atoms with Crippen molar-refractivity contribution in [3.8, 4) is 0 Å². The molecule has 1 unspecified atom stereocenters. The first-order valence-corrected chi connectivity index (χ1v) is 7.08. The van der Waals surface area contributed by atoms with Crippen molar-refractivity contribution in [3.63, 3.8) is 0 Å². The normalized spacial score (nSPS) is 19.2. The maximum absolute atomic E-state index is 11.1. The number of thioether (sulfide) groups is 1. The van der Waals surface area contributed by atoms with Crippen LogP contribution in [0.1, 0.15) is 12.8 Å². The van der Waals surface area contributed by atoms with E-state index in [1.165, 1.54) is 11.8 Å². The molecule has 1 aromatic heterocycles. The standard InChI is InChI=1S/C11H17N5OS/c1-12-8-5-9(16-11(15-8)18-2)14-7-3-4-10(17)13-6-7/h5,7H,3-4,6H2,1-2H3,(H,13,17)(H2,12,14,15,16). The van der Waals surface area contributed by atoms with Crippen LogP contribution in [0, 0.1) is 0 Å². The summed E-state index contributed by atoms with van der Waals surface area (Å²) in [5, 5.41) is 9.91. The molecule has 1 atom stereocenters. The Labute approximate surface area is 110 Å². The van der Waals surface area contributed by atoms with Gasteiger partial charge in [-0.05, 0) is 12.7 Å². The highest BCUT2D eigenvalue weighted by molar-refractivity contribution is 7.98. The summed E-state index contributed by atoms with van der Waals surface area (Å²) in [6, 6.07) is 2.10. The first kappa shape index (κ1) is 12.9. The molecule has 1 fully saturated rings. The molecule has 98 valence electrons. The largest absolute Gasteiger partial charge is 0.373 e. The minimum absolute atomic E-state index is 0.122. The van der Waals surface area contributed by atoms with Gasteiger partial charge >= 0.3 is 0 Å². The van der Waals surface area contributed by atoms with Crippen molar-refractivity contribution >= 4 is 29.3 Å². The van der Waals surface area contributed by atoms with Gasteiger partial charge < -0.3 is 16.0 Å². The van der Waals surface area contributed by atoms with E-state index < -0.39 is 0 Å². The minimum atomic E-state index is 0.122. The van der Waals surface area contributed by atoms with Gasteiger partial charge in [-0.25, -0.2) is 9.97 Å². The van der Waals surface area contributed by atoms with E-state index in [9.17, 15) is 4.79 Å². The molecule has 1 amide bonds. The van der Waals surface area contributed by atoms with Gasteiger partial charge in [0.15, 0.2) is 5.16 Å². The third-order valence-electron chi connectivity index (χ3n) is 2.76. The summed E-state index contributed by atoms with van der Waals surface area (Å²) in [6.07, 6.45) is 3.34. The van der Waals surface area contributed by atoms with Crippen molar-refractivity contribution in [2.75, 3.05) is 30.5 Å². The molecule has 1 saturated heterocycles. The van der Waals surface area contributed by atoms with Crippen LogP contribution in [0.25, 0.3) is 0 Å². The number of nitrogens with one attached hydrogen (secondary N) is 3. The number of piperidine rings is 1. The Balaban J connectivity index is 2.06. The van der Waals surface area contributed by atoms with Gasteiger partial charge in [-0.3, -0.25) is 4.79 Å². The summed E-state index contributed by atoms with van der Waals surface area (Å²) in [4.78, 5) is 19.8. The molecule has 0 saturated carbocycles. The Kier molecular flexibility index (Phi) is 4.24. The predicted molar refractivity (Wildman–Crippen MR) is 73.0 cm³/mol. The highest BCUT2D eigenvalue weighted by atomic mass is 32.2. The highest BCUT2D eigenvalue weighted by Gasteiger charge is 2.18. The number of rotatable bonds is 4. The Bertz CT molecular complexity index is 407. The number of aromatic nitrogens is 2. The van der Waals surface area contributed by atoms with Crippen molar-refractivity contribution in [1.29, 1.82) is 0 Å². The summed E-state index contributed by atoms with van der Waals surface area (Å²) in [5.41, 5.74) is 0. The topological polar surface area (TPSA) is 78.9 Å². The van der Waals surface area contributed by atoms with E-state index in [1.54, 1.807) is 0 Å². The van der Waals surface area contributed by atoms with Crippen molar-refractivity contribution in [3.05, 3.63) is 6.07 Å². The van der Waals surface area contributed by atoms with E-state index >= 15 is 0 Å². The van der Waals surface area contributed by atoms with Crippen LogP contribution in [0.3, 0.4) is 0 Å². The monoisotopic (exact) mass is 267 g/mol. The SMILES string of the molecule is CNc1cc(NC2CCC(=O)NC2)nc(SC)n1. The van der Waals surface area contributed by atoms with Gasteiger partial charge in [-0.1, -0.05) is 11.8 Å². The van der Waals surface area contributed by atoms with Crippen LogP contribution in [-0.2, 0) is 4.79 Å². The number of nitrogens with zero attached hydrogens (tertiary/aromatic N) is 2. The van der Waals surface area contributed by atoms with E-state index in [4.69, 9.17) is 0 Å². The third-order valence-corrected chi connectivity index (χ3v) is 3.31. The molecule has 6 nitrogen and oxygen atoms in total. The average molecular weight is 267 g/mol. The molecular formula is C11H17N5OS. The molecule has 1 aliphatic heterocycles. The Morgan fingerprint density at radius 1 is 1.44 bits per heavy atom. The molecule has 2 heterocycles. The van der Waals surface area contributed by atoms with Gasteiger partial charge in [0.25, 0.3) is 0 Å². The molecule has 7 heteroatoms. The van der Waals surface area contributed by atoms with E-state index in [-0.39, 0.29) is 11.9 Å². The van der Waals surface area contributed by atoms with Gasteiger partial charge in [0, 0.05) is 32.1 Å². The molecule has 3 N–H and O–H groups in total. The molecule has 18 heavy (non-hydrogen) atoms. The Hall–Kier alpha value is -1.50. The molecule has 2 rings (SSSR count). The van der Waals surface area contributed by atoms with Gasteiger partial charge in [0.05, 0.1) is 0 Å². The number of carbonyl (C=O) groups excluding carboxylic acids is 1. The minimum Gasteiger partial charge on any atom is -0.373 e. The van der Waals surface area contributed by atoms with Crippen molar-refractivity contribution in [2.45, 2.75) is 24.0 Å². The maximum atomic E-state index is 11.1. The second-order valence-electron chi connectivity index (χ2n) is 4.06. The van der Waals surface area contributed by atoms with Crippen molar-refractivity contribution in [1.82, 2.24) is 15.3 Å². The lowest BCUT2D eigenvalue weighted by atomic mass is 10.1. The van der Waals surface area contributed by atoms with Crippen LogP contribution < -0.4 is 16.0 Å². The average Bonchev–Trinajstić information content (AvgIpc) is 2.41. The second kappa shape index (κ2) is 5.90. The first-order valence-electron chi connectivity index (χ1n) is 5.85. The number of carbonyl (C=O) groups is 1. The molecule has 0 aromatic carbocycles. The van der Waals surface area contributed by atoms with Crippen LogP contribution in [0.15, 0.2) is 11.2 Å². The summed E-state index contributed by atoms with van der Waals surface area (Å²) in [5.74, 6) is 1.70. The fourth-order valence-corrected chi connectivity index (χ4v) is 2.16. The lowest BCUT2D eigenvalue weighted by Gasteiger charge is -2.24. The van der Waals surface area contributed by atoms with Crippen molar-refractivity contribution < 1.29 is 4.79 Å². The maximum Gasteiger partial charge on any atom is 0.220 e. The molecule has 1 aromatic rings. The smallest absolute Gasteiger partial charge is 0.220 e. The number of anilines is 2. The van der Waals surface area contributed by atoms with E-state index in [2.05, 4.69) is 25.9 Å². The number of hydrogen-bond acceptors (Lipinski definition) is 6. The Morgan fingerprint density at radius 2 is 2.22 bits per heavy atom. The van der Waals surface area contributed by atoms with Crippen LogP contribution in [0.4, 0.5) is 11.6 Å². The van der Waals surface area contributed by atoms with Crippen LogP contribution >= 0.6 is 11.8 Å². The summed E-state index contributed by atoms with van der Waals surface area (Å²) in [6.45, 7) is 0.645. The van der Waals surface area contributed by atoms with Crippen molar-refractivity contribution in [2.24, 2.45) is 0 Å². The lowest BCUT2D eigenvalue weighted by Crippen LogP contribution is -2.42. The summed E-state index contributed by atoms with van der Waals surface area (Å²) >= 11 is 1.50. The molecule has 0 bridgehead atoms. The number of amides is 1. The lowest BCUT2D eigenvalue weighted by molar-refractivity contribution is -0.122. The fraction of sp³-hybridized carbons (Fsp3) is 0.545. The van der Waals surface area contributed by atoms with Gasteiger partial charge in [-0.15, -0.1) is 0 Å². The van der Waals surface area contributed by atoms with E-state index in [1.807, 2.05) is 19.4 Å². The second-order valence-corrected chi connectivity index (χ2v) is 4.83. The molecule has 0 spiro atoms. The fourth-order valence-electron chi connectivity index (χ4n) is 1.78. The molecular weight excluding hydrogens is 250 g/mol. The predicted octanol–water partition coefficient (Wildman–Crippen LogP) is 0.931. The summed E-state index contributed by atoms with van der Waals surface area (Å²) in [7, 11) is 1.83. The van der Waals surface area contributed by atoms with Crippen LogP contribution in [0.2, 0.25) is 0 Å². The van der Waals surface area contributed by atoms with Crippen LogP contribution in [0.5, 0.6) is 0 Å². The molecule has 0 radical (unpaired) electrons.